The first-order valence-corrected chi connectivity index (χ1v) is 7.85. The van der Waals surface area contributed by atoms with Gasteiger partial charge in [0.15, 0.2) is 0 Å². The highest BCUT2D eigenvalue weighted by molar-refractivity contribution is 6.30. The zero-order chi connectivity index (χ0) is 15.2. The number of rotatable bonds is 2. The Morgan fingerprint density at radius 3 is 2.67 bits per heavy atom. The van der Waals surface area contributed by atoms with E-state index >= 15 is 0 Å². The van der Waals surface area contributed by atoms with E-state index in [0.29, 0.717) is 22.4 Å². The number of hydrogen-bond acceptors (Lipinski definition) is 4. The average molecular weight is 308 g/mol. The third kappa shape index (κ3) is 2.59. The molecule has 3 rings (SSSR count). The first-order chi connectivity index (χ1) is 9.89. The van der Waals surface area contributed by atoms with Gasteiger partial charge >= 0.3 is 0 Å². The van der Waals surface area contributed by atoms with E-state index in [4.69, 9.17) is 11.6 Å². The second-order valence-electron chi connectivity index (χ2n) is 6.83. The molecule has 2 aromatic heterocycles. The zero-order valence-corrected chi connectivity index (χ0v) is 13.9. The summed E-state index contributed by atoms with van der Waals surface area (Å²) in [6.07, 6.45) is 6.41. The molecule has 0 saturated heterocycles. The summed E-state index contributed by atoms with van der Waals surface area (Å²) in [7, 11) is 2.13. The fraction of sp³-hybridized carbons (Fsp3) is 0.667. The van der Waals surface area contributed by atoms with Crippen LogP contribution in [0.2, 0.25) is 5.15 Å². The van der Waals surface area contributed by atoms with Gasteiger partial charge in [0.1, 0.15) is 17.3 Å². The van der Waals surface area contributed by atoms with E-state index < -0.39 is 0 Å². The highest BCUT2D eigenvalue weighted by Gasteiger charge is 2.30. The van der Waals surface area contributed by atoms with Crippen LogP contribution in [0.5, 0.6) is 0 Å². The molecule has 2 heterocycles. The van der Waals surface area contributed by atoms with E-state index in [9.17, 15) is 0 Å². The van der Waals surface area contributed by atoms with Crippen molar-refractivity contribution in [1.29, 1.82) is 0 Å². The van der Waals surface area contributed by atoms with Crippen molar-refractivity contribution in [1.82, 2.24) is 19.6 Å². The van der Waals surface area contributed by atoms with Crippen molar-refractivity contribution in [3.05, 3.63) is 17.0 Å². The molecule has 0 unspecified atom stereocenters. The first kappa shape index (κ1) is 14.6. The lowest BCUT2D eigenvalue weighted by Gasteiger charge is -2.39. The van der Waals surface area contributed by atoms with Crippen LogP contribution < -0.4 is 4.90 Å². The Kier molecular flexibility index (Phi) is 3.56. The lowest BCUT2D eigenvalue weighted by atomic mass is 9.75. The minimum atomic E-state index is 0.463. The molecule has 0 aromatic carbocycles. The summed E-state index contributed by atoms with van der Waals surface area (Å²) in [4.78, 5) is 10.7. The van der Waals surface area contributed by atoms with Crippen molar-refractivity contribution in [3.8, 4) is 0 Å². The topological polar surface area (TPSA) is 46.3 Å². The SMILES string of the molecule is Cc1c(Cl)nc2ncnn2c1N(C)C1CCC(C)(C)CC1. The van der Waals surface area contributed by atoms with Crippen LogP contribution in [0, 0.1) is 12.3 Å². The highest BCUT2D eigenvalue weighted by Crippen LogP contribution is 2.38. The minimum absolute atomic E-state index is 0.463. The van der Waals surface area contributed by atoms with Crippen LogP contribution in [0.4, 0.5) is 5.82 Å². The summed E-state index contributed by atoms with van der Waals surface area (Å²) in [6.45, 7) is 6.70. The molecular weight excluding hydrogens is 286 g/mol. The van der Waals surface area contributed by atoms with Crippen LogP contribution in [-0.2, 0) is 0 Å². The van der Waals surface area contributed by atoms with E-state index in [0.717, 1.165) is 11.4 Å². The summed E-state index contributed by atoms with van der Waals surface area (Å²) in [5, 5.41) is 4.82. The van der Waals surface area contributed by atoms with Gasteiger partial charge in [0, 0.05) is 18.7 Å². The van der Waals surface area contributed by atoms with Crippen LogP contribution in [-0.4, -0.2) is 32.7 Å². The summed E-state index contributed by atoms with van der Waals surface area (Å²) < 4.78 is 1.79. The molecule has 5 nitrogen and oxygen atoms in total. The first-order valence-electron chi connectivity index (χ1n) is 7.48. The second kappa shape index (κ2) is 5.13. The quantitative estimate of drug-likeness (QED) is 0.797. The lowest BCUT2D eigenvalue weighted by Crippen LogP contribution is -2.38. The van der Waals surface area contributed by atoms with Crippen LogP contribution in [0.25, 0.3) is 5.78 Å². The van der Waals surface area contributed by atoms with E-state index in [1.807, 2.05) is 6.92 Å². The molecule has 0 bridgehead atoms. The molecule has 114 valence electrons. The predicted molar refractivity (Wildman–Crippen MR) is 85.0 cm³/mol. The van der Waals surface area contributed by atoms with Gasteiger partial charge in [-0.2, -0.15) is 19.6 Å². The maximum atomic E-state index is 6.26. The Morgan fingerprint density at radius 1 is 1.33 bits per heavy atom. The van der Waals surface area contributed by atoms with Crippen molar-refractivity contribution >= 4 is 23.2 Å². The summed E-state index contributed by atoms with van der Waals surface area (Å²) in [6, 6.07) is 0.516. The van der Waals surface area contributed by atoms with Gasteiger partial charge in [-0.05, 0) is 38.0 Å². The number of halogens is 1. The number of nitrogens with zero attached hydrogens (tertiary/aromatic N) is 5. The van der Waals surface area contributed by atoms with Gasteiger partial charge in [0.25, 0.3) is 5.78 Å². The lowest BCUT2D eigenvalue weighted by molar-refractivity contribution is 0.222. The van der Waals surface area contributed by atoms with Crippen molar-refractivity contribution < 1.29 is 0 Å². The van der Waals surface area contributed by atoms with Crippen LogP contribution in [0.15, 0.2) is 6.33 Å². The van der Waals surface area contributed by atoms with E-state index in [-0.39, 0.29) is 0 Å². The number of hydrogen-bond donors (Lipinski definition) is 0. The Labute approximate surface area is 130 Å². The molecule has 1 aliphatic rings. The summed E-state index contributed by atoms with van der Waals surface area (Å²) >= 11 is 6.26. The van der Waals surface area contributed by atoms with E-state index in [1.54, 1.807) is 4.52 Å². The Morgan fingerprint density at radius 2 is 2.00 bits per heavy atom. The molecule has 0 atom stereocenters. The van der Waals surface area contributed by atoms with Crippen molar-refractivity contribution in [3.63, 3.8) is 0 Å². The van der Waals surface area contributed by atoms with Crippen molar-refractivity contribution in [2.45, 2.75) is 52.5 Å². The molecule has 1 saturated carbocycles. The van der Waals surface area contributed by atoms with E-state index in [1.165, 1.54) is 32.0 Å². The smallest absolute Gasteiger partial charge is 0.255 e. The zero-order valence-electron chi connectivity index (χ0n) is 13.1. The standard InChI is InChI=1S/C15H22ClN5/c1-10-12(16)19-14-17-9-18-21(14)13(10)20(4)11-5-7-15(2,3)8-6-11/h9,11H,5-8H2,1-4H3. The van der Waals surface area contributed by atoms with Gasteiger partial charge < -0.3 is 4.90 Å². The summed E-state index contributed by atoms with van der Waals surface area (Å²) in [5.41, 5.74) is 1.42. The number of anilines is 1. The molecule has 0 N–H and O–H groups in total. The van der Waals surface area contributed by atoms with Crippen molar-refractivity contribution in [2.75, 3.05) is 11.9 Å². The largest absolute Gasteiger partial charge is 0.356 e. The van der Waals surface area contributed by atoms with Gasteiger partial charge in [-0.1, -0.05) is 25.4 Å². The molecule has 0 spiro atoms. The fourth-order valence-corrected chi connectivity index (χ4v) is 3.40. The second-order valence-corrected chi connectivity index (χ2v) is 7.19. The number of fused-ring (bicyclic) bond motifs is 1. The molecular formula is C15H22ClN5. The van der Waals surface area contributed by atoms with Crippen molar-refractivity contribution in [2.24, 2.45) is 5.41 Å². The fourth-order valence-electron chi connectivity index (χ4n) is 3.24. The predicted octanol–water partition coefficient (Wildman–Crippen LogP) is 3.49. The molecule has 0 aliphatic heterocycles. The Hall–Kier alpha value is -1.36. The van der Waals surface area contributed by atoms with Gasteiger partial charge in [0.2, 0.25) is 0 Å². The van der Waals surface area contributed by atoms with E-state index in [2.05, 4.69) is 40.9 Å². The molecule has 2 aromatic rings. The molecule has 6 heteroatoms. The third-order valence-electron chi connectivity index (χ3n) is 4.76. The third-order valence-corrected chi connectivity index (χ3v) is 5.13. The number of aromatic nitrogens is 4. The Balaban J connectivity index is 1.96. The maximum Gasteiger partial charge on any atom is 0.255 e. The van der Waals surface area contributed by atoms with Crippen LogP contribution >= 0.6 is 11.6 Å². The minimum Gasteiger partial charge on any atom is -0.356 e. The van der Waals surface area contributed by atoms with Gasteiger partial charge in [-0.3, -0.25) is 0 Å². The van der Waals surface area contributed by atoms with Gasteiger partial charge in [-0.15, -0.1) is 0 Å². The normalized spacial score (nSPS) is 19.1. The van der Waals surface area contributed by atoms with Crippen LogP contribution in [0.3, 0.4) is 0 Å². The molecule has 21 heavy (non-hydrogen) atoms. The molecule has 0 amide bonds. The highest BCUT2D eigenvalue weighted by atomic mass is 35.5. The average Bonchev–Trinajstić information content (AvgIpc) is 2.87. The van der Waals surface area contributed by atoms with Gasteiger partial charge in [-0.25, -0.2) is 0 Å². The Bertz CT molecular complexity index is 653. The molecule has 1 aliphatic carbocycles. The van der Waals surface area contributed by atoms with Crippen LogP contribution in [0.1, 0.15) is 45.1 Å². The van der Waals surface area contributed by atoms with Gasteiger partial charge in [0.05, 0.1) is 0 Å². The molecule has 0 radical (unpaired) electrons. The molecule has 1 fully saturated rings. The maximum absolute atomic E-state index is 6.26. The monoisotopic (exact) mass is 307 g/mol. The summed E-state index contributed by atoms with van der Waals surface area (Å²) in [5.74, 6) is 1.57.